The number of ether oxygens (including phenoxy) is 1. The van der Waals surface area contributed by atoms with E-state index in [0.717, 1.165) is 38.3 Å². The molecule has 0 fully saturated rings. The number of nitrogens with zero attached hydrogens (tertiary/aromatic N) is 2. The second-order valence-corrected chi connectivity index (χ2v) is 8.20. The minimum absolute atomic E-state index is 0. The van der Waals surface area contributed by atoms with Crippen LogP contribution in [0.15, 0.2) is 40.0 Å². The molecule has 1 aromatic carbocycles. The van der Waals surface area contributed by atoms with Crippen molar-refractivity contribution in [1.82, 2.24) is 9.55 Å². The summed E-state index contributed by atoms with van der Waals surface area (Å²) < 4.78 is 7.11. The van der Waals surface area contributed by atoms with E-state index in [0.29, 0.717) is 18.5 Å². The summed E-state index contributed by atoms with van der Waals surface area (Å²) in [4.78, 5) is 31.7. The number of aromatic nitrogens is 2. The van der Waals surface area contributed by atoms with Crippen LogP contribution in [0.5, 0.6) is 0 Å². The van der Waals surface area contributed by atoms with Gasteiger partial charge in [-0.2, -0.15) is 0 Å². The zero-order valence-electron chi connectivity index (χ0n) is 16.3. The molecule has 5 rings (SSSR count). The summed E-state index contributed by atoms with van der Waals surface area (Å²) >= 11 is 1.43. The zero-order chi connectivity index (χ0) is 19.6. The van der Waals surface area contributed by atoms with Gasteiger partial charge in [0.05, 0.1) is 34.4 Å². The SMILES string of the molecule is [CH2-]Sc1c2c(nc3ccccc13)-c1cc3c(c(=O)n1C2)COC(=O)C3(C)CC.[Y]. The van der Waals surface area contributed by atoms with Gasteiger partial charge in [-0.25, -0.2) is 4.98 Å². The quantitative estimate of drug-likeness (QED) is 0.246. The van der Waals surface area contributed by atoms with E-state index in [-0.39, 0.29) is 50.8 Å². The van der Waals surface area contributed by atoms with Gasteiger partial charge in [-0.3, -0.25) is 15.8 Å². The maximum Gasteiger partial charge on any atom is 0.316 e. The van der Waals surface area contributed by atoms with Crippen LogP contribution in [-0.4, -0.2) is 15.5 Å². The van der Waals surface area contributed by atoms with Gasteiger partial charge in [-0.15, -0.1) is 0 Å². The molecule has 1 atom stereocenters. The van der Waals surface area contributed by atoms with Crippen LogP contribution in [0.3, 0.4) is 0 Å². The van der Waals surface area contributed by atoms with E-state index < -0.39 is 5.41 Å². The van der Waals surface area contributed by atoms with Crippen molar-refractivity contribution in [3.63, 3.8) is 0 Å². The molecule has 5 nitrogen and oxygen atoms in total. The number of rotatable bonds is 2. The molecule has 0 amide bonds. The van der Waals surface area contributed by atoms with Crippen LogP contribution >= 0.6 is 11.8 Å². The van der Waals surface area contributed by atoms with E-state index >= 15 is 0 Å². The Hall–Kier alpha value is -1.50. The van der Waals surface area contributed by atoms with Crippen molar-refractivity contribution >= 4 is 28.6 Å². The van der Waals surface area contributed by atoms with Crippen molar-refractivity contribution in [2.45, 2.75) is 43.7 Å². The van der Waals surface area contributed by atoms with E-state index in [4.69, 9.17) is 9.72 Å². The third-order valence-electron chi connectivity index (χ3n) is 6.14. The van der Waals surface area contributed by atoms with Gasteiger partial charge in [0.15, 0.2) is 0 Å². The molecule has 0 N–H and O–H groups in total. The Balaban J connectivity index is 0.00000205. The van der Waals surface area contributed by atoms with Crippen molar-refractivity contribution in [2.24, 2.45) is 0 Å². The van der Waals surface area contributed by atoms with E-state index in [1.165, 1.54) is 11.8 Å². The van der Waals surface area contributed by atoms with E-state index in [9.17, 15) is 9.59 Å². The summed E-state index contributed by atoms with van der Waals surface area (Å²) in [5, 5.41) is 1.05. The Labute approximate surface area is 198 Å². The zero-order valence-corrected chi connectivity index (χ0v) is 20.0. The molecule has 0 spiro atoms. The van der Waals surface area contributed by atoms with Crippen molar-refractivity contribution in [3.05, 3.63) is 63.6 Å². The number of benzene rings is 1. The third kappa shape index (κ3) is 2.79. The van der Waals surface area contributed by atoms with Crippen LogP contribution in [-0.2, 0) is 60.8 Å². The Morgan fingerprint density at radius 3 is 2.76 bits per heavy atom. The number of carbonyl (C=O) groups is 1. The molecule has 3 aromatic rings. The summed E-state index contributed by atoms with van der Waals surface area (Å²) in [5.74, 6) is -0.273. The number of pyridine rings is 2. The molecule has 1 unspecified atom stereocenters. The number of esters is 1. The van der Waals surface area contributed by atoms with Crippen LogP contribution in [0, 0.1) is 6.26 Å². The predicted octanol–water partition coefficient (Wildman–Crippen LogP) is 4.03. The van der Waals surface area contributed by atoms with Gasteiger partial charge >= 0.3 is 5.97 Å². The van der Waals surface area contributed by atoms with Crippen LogP contribution < -0.4 is 5.56 Å². The minimum Gasteiger partial charge on any atom is -0.460 e. The average molecular weight is 480 g/mol. The van der Waals surface area contributed by atoms with Gasteiger partial charge in [0.1, 0.15) is 6.61 Å². The smallest absolute Gasteiger partial charge is 0.316 e. The summed E-state index contributed by atoms with van der Waals surface area (Å²) in [6.45, 7) is 4.29. The van der Waals surface area contributed by atoms with Crippen molar-refractivity contribution in [2.75, 3.05) is 0 Å². The molecule has 4 heterocycles. The molecule has 0 bridgehead atoms. The van der Waals surface area contributed by atoms with E-state index in [1.54, 1.807) is 4.57 Å². The fourth-order valence-corrected chi connectivity index (χ4v) is 4.98. The molecule has 7 heteroatoms. The molecule has 2 aromatic heterocycles. The van der Waals surface area contributed by atoms with Gasteiger partial charge in [-0.05, 0) is 35.9 Å². The molecule has 0 saturated heterocycles. The predicted molar refractivity (Wildman–Crippen MR) is 109 cm³/mol. The largest absolute Gasteiger partial charge is 0.460 e. The first kappa shape index (κ1) is 20.8. The fraction of sp³-hybridized carbons (Fsp3) is 0.273. The average Bonchev–Trinajstić information content (AvgIpc) is 3.08. The van der Waals surface area contributed by atoms with Gasteiger partial charge in [-0.1, -0.05) is 25.1 Å². The van der Waals surface area contributed by atoms with Crippen LogP contribution in [0.25, 0.3) is 22.3 Å². The number of carbonyl (C=O) groups excluding carboxylic acids is 1. The first-order chi connectivity index (χ1) is 13.5. The maximum atomic E-state index is 13.3. The number of para-hydroxylation sites is 1. The fourth-order valence-electron chi connectivity index (χ4n) is 4.32. The van der Waals surface area contributed by atoms with Gasteiger partial charge in [0.25, 0.3) is 5.56 Å². The molecular weight excluding hydrogens is 461 g/mol. The number of fused-ring (bicyclic) bond motifs is 5. The van der Waals surface area contributed by atoms with Crippen molar-refractivity contribution in [1.29, 1.82) is 0 Å². The van der Waals surface area contributed by atoms with Crippen molar-refractivity contribution < 1.29 is 42.2 Å². The molecule has 29 heavy (non-hydrogen) atoms. The normalized spacial score (nSPS) is 19.2. The second kappa shape index (κ2) is 7.33. The van der Waals surface area contributed by atoms with Crippen molar-refractivity contribution in [3.8, 4) is 11.4 Å². The Morgan fingerprint density at radius 1 is 1.28 bits per heavy atom. The number of cyclic esters (lactones) is 1. The first-order valence-corrected chi connectivity index (χ1v) is 10.3. The van der Waals surface area contributed by atoms with E-state index in [2.05, 4.69) is 6.26 Å². The number of thioether (sulfide) groups is 1. The molecular formula is C22H19N2O3SY-. The van der Waals surface area contributed by atoms with E-state index in [1.807, 2.05) is 44.2 Å². The number of hydrogen-bond donors (Lipinski definition) is 0. The Kier molecular flexibility index (Phi) is 5.25. The second-order valence-electron chi connectivity index (χ2n) is 7.50. The summed E-state index contributed by atoms with van der Waals surface area (Å²) in [7, 11) is 0. The van der Waals surface area contributed by atoms with Gasteiger partial charge in [0, 0.05) is 43.7 Å². The molecule has 1 radical (unpaired) electrons. The Morgan fingerprint density at radius 2 is 2.03 bits per heavy atom. The molecule has 0 aliphatic carbocycles. The van der Waals surface area contributed by atoms with Crippen LogP contribution in [0.1, 0.15) is 37.0 Å². The summed E-state index contributed by atoms with van der Waals surface area (Å²) in [5.41, 5.74) is 3.92. The molecule has 0 saturated carbocycles. The van der Waals surface area contributed by atoms with Crippen LogP contribution in [0.4, 0.5) is 0 Å². The van der Waals surface area contributed by atoms with Gasteiger partial charge in [0.2, 0.25) is 0 Å². The van der Waals surface area contributed by atoms with Gasteiger partial charge < -0.3 is 21.1 Å². The number of hydrogen-bond acceptors (Lipinski definition) is 5. The molecule has 2 aliphatic rings. The van der Waals surface area contributed by atoms with Crippen LogP contribution in [0.2, 0.25) is 0 Å². The topological polar surface area (TPSA) is 61.2 Å². The monoisotopic (exact) mass is 480 g/mol. The third-order valence-corrected chi connectivity index (χ3v) is 6.90. The maximum absolute atomic E-state index is 13.3. The standard InChI is InChI=1S/C22H19N2O3S.Y/c1-4-22(2)15-9-17-18-13(10-24(17)20(25)14(15)11-27-21(22)26)19(28-3)12-7-5-6-8-16(12)23-18;/h5-9H,3-4,10-11H2,1-2H3;/q-1;. The summed E-state index contributed by atoms with van der Waals surface area (Å²) in [6.07, 6.45) is 4.60. The minimum atomic E-state index is -0.814. The Bertz CT molecular complexity index is 1240. The summed E-state index contributed by atoms with van der Waals surface area (Å²) in [6, 6.07) is 9.93. The first-order valence-electron chi connectivity index (χ1n) is 9.28. The molecule has 145 valence electrons. The molecule has 2 aliphatic heterocycles.